The van der Waals surface area contributed by atoms with E-state index in [0.717, 1.165) is 50.8 Å². The van der Waals surface area contributed by atoms with Gasteiger partial charge in [0.1, 0.15) is 0 Å². The van der Waals surface area contributed by atoms with E-state index >= 15 is 0 Å². The first-order valence-corrected chi connectivity index (χ1v) is 9.15. The van der Waals surface area contributed by atoms with E-state index in [1.54, 1.807) is 6.33 Å². The zero-order chi connectivity index (χ0) is 16.6. The van der Waals surface area contributed by atoms with Crippen LogP contribution in [0.1, 0.15) is 61.4 Å². The van der Waals surface area contributed by atoms with Crippen LogP contribution in [-0.4, -0.2) is 22.4 Å². The number of aryl methyl sites for hydroxylation is 2. The summed E-state index contributed by atoms with van der Waals surface area (Å²) in [7, 11) is 0. The van der Waals surface area contributed by atoms with E-state index in [2.05, 4.69) is 39.6 Å². The first kappa shape index (κ1) is 16.7. The maximum absolute atomic E-state index is 12.0. The highest BCUT2D eigenvalue weighted by molar-refractivity contribution is 5.75. The Bertz CT molecular complexity index is 635. The number of carbonyl (C=O) groups excluding carboxylic acids is 1. The number of unbranched alkanes of at least 4 members (excludes halogenated alkanes) is 2. The van der Waals surface area contributed by atoms with Crippen molar-refractivity contribution in [2.24, 2.45) is 0 Å². The summed E-state index contributed by atoms with van der Waals surface area (Å²) in [5.41, 5.74) is 3.79. The summed E-state index contributed by atoms with van der Waals surface area (Å²) in [6.45, 7) is 0.723. The van der Waals surface area contributed by atoms with E-state index in [-0.39, 0.29) is 5.91 Å². The van der Waals surface area contributed by atoms with Gasteiger partial charge >= 0.3 is 0 Å². The Morgan fingerprint density at radius 3 is 2.96 bits per heavy atom. The van der Waals surface area contributed by atoms with E-state index in [1.165, 1.54) is 17.7 Å². The van der Waals surface area contributed by atoms with Crippen LogP contribution < -0.4 is 5.32 Å². The van der Waals surface area contributed by atoms with Gasteiger partial charge in [0, 0.05) is 24.6 Å². The van der Waals surface area contributed by atoms with Gasteiger partial charge in [-0.15, -0.1) is 0 Å². The SMILES string of the molecule is O=C(CCCCCc1ccccc1)NCC1CCCc2[nH]cnc21. The van der Waals surface area contributed by atoms with Gasteiger partial charge in [-0.25, -0.2) is 4.98 Å². The lowest BCUT2D eigenvalue weighted by Crippen LogP contribution is -2.29. The van der Waals surface area contributed by atoms with Gasteiger partial charge in [0.2, 0.25) is 5.91 Å². The smallest absolute Gasteiger partial charge is 0.220 e. The second kappa shape index (κ2) is 8.67. The summed E-state index contributed by atoms with van der Waals surface area (Å²) in [5.74, 6) is 0.555. The second-order valence-electron chi connectivity index (χ2n) is 6.71. The molecule has 2 aromatic rings. The fourth-order valence-electron chi connectivity index (χ4n) is 3.51. The molecule has 1 unspecified atom stereocenters. The molecule has 24 heavy (non-hydrogen) atoms. The van der Waals surface area contributed by atoms with Gasteiger partial charge in [0.15, 0.2) is 0 Å². The summed E-state index contributed by atoms with van der Waals surface area (Å²) in [6, 6.07) is 10.5. The zero-order valence-electron chi connectivity index (χ0n) is 14.3. The average Bonchev–Trinajstić information content (AvgIpc) is 3.10. The topological polar surface area (TPSA) is 57.8 Å². The van der Waals surface area contributed by atoms with Crippen LogP contribution in [0.3, 0.4) is 0 Å². The number of aromatic nitrogens is 2. The predicted molar refractivity (Wildman–Crippen MR) is 95.9 cm³/mol. The highest BCUT2D eigenvalue weighted by Gasteiger charge is 2.22. The Hall–Kier alpha value is -2.10. The maximum atomic E-state index is 12.0. The molecule has 1 heterocycles. The van der Waals surface area contributed by atoms with Gasteiger partial charge in [-0.05, 0) is 44.1 Å². The fourth-order valence-corrected chi connectivity index (χ4v) is 3.51. The van der Waals surface area contributed by atoms with Crippen LogP contribution >= 0.6 is 0 Å². The highest BCUT2D eigenvalue weighted by atomic mass is 16.1. The maximum Gasteiger partial charge on any atom is 0.220 e. The lowest BCUT2D eigenvalue weighted by atomic mass is 9.90. The van der Waals surface area contributed by atoms with Crippen molar-refractivity contribution in [3.8, 4) is 0 Å². The monoisotopic (exact) mass is 325 g/mol. The first-order valence-electron chi connectivity index (χ1n) is 9.15. The molecule has 1 aliphatic carbocycles. The van der Waals surface area contributed by atoms with Crippen molar-refractivity contribution in [1.29, 1.82) is 0 Å². The number of fused-ring (bicyclic) bond motifs is 1. The summed E-state index contributed by atoms with van der Waals surface area (Å²) in [5, 5.41) is 3.10. The Labute approximate surface area is 144 Å². The molecule has 0 saturated carbocycles. The van der Waals surface area contributed by atoms with Gasteiger partial charge in [-0.1, -0.05) is 36.8 Å². The van der Waals surface area contributed by atoms with Crippen LogP contribution in [0.25, 0.3) is 0 Å². The third-order valence-electron chi connectivity index (χ3n) is 4.88. The van der Waals surface area contributed by atoms with E-state index in [4.69, 9.17) is 0 Å². The predicted octanol–water partition coefficient (Wildman–Crippen LogP) is 3.75. The van der Waals surface area contributed by atoms with Crippen molar-refractivity contribution in [3.63, 3.8) is 0 Å². The minimum Gasteiger partial charge on any atom is -0.355 e. The first-order chi connectivity index (χ1) is 11.8. The number of H-pyrrole nitrogens is 1. The molecule has 2 N–H and O–H groups in total. The van der Waals surface area contributed by atoms with E-state index in [0.29, 0.717) is 12.3 Å². The standard InChI is InChI=1S/C20H27N3O/c24-19(13-6-2-5-10-16-8-3-1-4-9-16)21-14-17-11-7-12-18-20(17)23-15-22-18/h1,3-4,8-9,15,17H,2,5-7,10-14H2,(H,21,24)(H,22,23). The summed E-state index contributed by atoms with van der Waals surface area (Å²) < 4.78 is 0. The quantitative estimate of drug-likeness (QED) is 0.726. The number of carbonyl (C=O) groups is 1. The second-order valence-corrected chi connectivity index (χ2v) is 6.71. The van der Waals surface area contributed by atoms with Crippen LogP contribution in [0.2, 0.25) is 0 Å². The number of amides is 1. The Balaban J connectivity index is 1.30. The molecule has 1 amide bonds. The molecule has 0 radical (unpaired) electrons. The largest absolute Gasteiger partial charge is 0.355 e. The average molecular weight is 325 g/mol. The molecular weight excluding hydrogens is 298 g/mol. The van der Waals surface area contributed by atoms with Crippen LogP contribution in [0, 0.1) is 0 Å². The van der Waals surface area contributed by atoms with Crippen LogP contribution in [0.4, 0.5) is 0 Å². The summed E-state index contributed by atoms with van der Waals surface area (Å²) >= 11 is 0. The number of hydrogen-bond donors (Lipinski definition) is 2. The van der Waals surface area contributed by atoms with Gasteiger partial charge in [-0.3, -0.25) is 4.79 Å². The number of imidazole rings is 1. The molecular formula is C20H27N3O. The van der Waals surface area contributed by atoms with E-state index < -0.39 is 0 Å². The third kappa shape index (κ3) is 4.70. The minimum absolute atomic E-state index is 0.178. The van der Waals surface area contributed by atoms with Crippen LogP contribution in [-0.2, 0) is 17.6 Å². The van der Waals surface area contributed by atoms with E-state index in [1.807, 2.05) is 6.07 Å². The molecule has 0 fully saturated rings. The Kier molecular flexibility index (Phi) is 6.05. The molecule has 128 valence electrons. The van der Waals surface area contributed by atoms with Crippen molar-refractivity contribution in [2.45, 2.75) is 57.3 Å². The van der Waals surface area contributed by atoms with Gasteiger partial charge in [-0.2, -0.15) is 0 Å². The van der Waals surface area contributed by atoms with E-state index in [9.17, 15) is 4.79 Å². The molecule has 4 nitrogen and oxygen atoms in total. The number of aromatic amines is 1. The summed E-state index contributed by atoms with van der Waals surface area (Å²) in [6.07, 6.45) is 10.1. The molecule has 1 aliphatic rings. The highest BCUT2D eigenvalue weighted by Crippen LogP contribution is 2.28. The van der Waals surface area contributed by atoms with Crippen molar-refractivity contribution < 1.29 is 4.79 Å². The molecule has 1 aromatic heterocycles. The number of rotatable bonds is 8. The Morgan fingerprint density at radius 2 is 2.08 bits per heavy atom. The number of benzene rings is 1. The molecule has 0 aliphatic heterocycles. The minimum atomic E-state index is 0.178. The zero-order valence-corrected chi connectivity index (χ0v) is 14.3. The normalized spacial score (nSPS) is 16.6. The molecule has 0 spiro atoms. The third-order valence-corrected chi connectivity index (χ3v) is 4.88. The van der Waals surface area contributed by atoms with Crippen molar-refractivity contribution in [2.75, 3.05) is 6.54 Å². The molecule has 1 aromatic carbocycles. The van der Waals surface area contributed by atoms with Crippen molar-refractivity contribution >= 4 is 5.91 Å². The molecule has 3 rings (SSSR count). The van der Waals surface area contributed by atoms with Crippen LogP contribution in [0.15, 0.2) is 36.7 Å². The lowest BCUT2D eigenvalue weighted by molar-refractivity contribution is -0.121. The Morgan fingerprint density at radius 1 is 1.21 bits per heavy atom. The van der Waals surface area contributed by atoms with Gasteiger partial charge < -0.3 is 10.3 Å². The molecule has 4 heteroatoms. The van der Waals surface area contributed by atoms with Crippen LogP contribution in [0.5, 0.6) is 0 Å². The number of nitrogens with one attached hydrogen (secondary N) is 2. The fraction of sp³-hybridized carbons (Fsp3) is 0.500. The lowest BCUT2D eigenvalue weighted by Gasteiger charge is -2.21. The molecule has 0 bridgehead atoms. The molecule has 0 saturated heterocycles. The summed E-state index contributed by atoms with van der Waals surface area (Å²) in [4.78, 5) is 19.7. The van der Waals surface area contributed by atoms with Gasteiger partial charge in [0.25, 0.3) is 0 Å². The van der Waals surface area contributed by atoms with Crippen molar-refractivity contribution in [3.05, 3.63) is 53.6 Å². The van der Waals surface area contributed by atoms with Crippen molar-refractivity contribution in [1.82, 2.24) is 15.3 Å². The number of hydrogen-bond acceptors (Lipinski definition) is 2. The number of nitrogens with zero attached hydrogens (tertiary/aromatic N) is 1. The van der Waals surface area contributed by atoms with Gasteiger partial charge in [0.05, 0.1) is 12.0 Å². The molecule has 1 atom stereocenters.